The van der Waals surface area contributed by atoms with Gasteiger partial charge in [-0.25, -0.2) is 5.53 Å². The predicted octanol–water partition coefficient (Wildman–Crippen LogP) is -6.12. The van der Waals surface area contributed by atoms with Crippen LogP contribution in [0.15, 0.2) is 5.11 Å². The van der Waals surface area contributed by atoms with Gasteiger partial charge in [0.05, 0.1) is 50.1 Å². The van der Waals surface area contributed by atoms with Crippen molar-refractivity contribution in [1.82, 2.24) is 16.0 Å². The minimum atomic E-state index is -1.93. The fourth-order valence-corrected chi connectivity index (χ4v) is 6.04. The summed E-state index contributed by atoms with van der Waals surface area (Å²) in [4.78, 5) is 13.1. The standard InChI is InChI=1S/C26H52N8O11/c1-26(41)10-42-25(19(39)22(26)31-2)45-21-15(33-23(40)17(37)16(34-30)14(29)9-36)7-13(28)20(18(21)38)44-24-12(27)4-3-11(43-24)8-32-5-6-35/h11-22,24-25,30-32,35-39,41H,3-10,27-29H2,1-2H3,(H,33,40)/t11-,12?,13-,14-,15+,16-,17-,18?,19?,20?,21?,22+,24+,25+,26?/m0/s1. The maximum atomic E-state index is 13.1. The number of hydrogen-bond donors (Lipinski definition) is 13. The van der Waals surface area contributed by atoms with E-state index in [0.717, 1.165) is 0 Å². The van der Waals surface area contributed by atoms with E-state index in [9.17, 15) is 30.3 Å². The van der Waals surface area contributed by atoms with Gasteiger partial charge in [-0.1, -0.05) is 0 Å². The molecule has 16 N–H and O–H groups in total. The number of hydrogen-bond acceptors (Lipinski definition) is 18. The summed E-state index contributed by atoms with van der Waals surface area (Å²) in [7, 11) is 1.54. The Kier molecular flexibility index (Phi) is 14.4. The SMILES string of the molecule is CN[C@@H]1C(O)[C@@H](OC2C(O)C(O[C@H]3O[C@H](CNCCO)CCC3N)[C@@H](N)C[C@H]2NC(=O)[C@@H](O)[C@@H](N=N)[C@@H](N)CO)OCC1(C)O. The highest BCUT2D eigenvalue weighted by molar-refractivity contribution is 5.81. The second-order valence-corrected chi connectivity index (χ2v) is 12.2. The monoisotopic (exact) mass is 652 g/mol. The third-order valence-electron chi connectivity index (χ3n) is 8.62. The highest BCUT2D eigenvalue weighted by Crippen LogP contribution is 2.32. The lowest BCUT2D eigenvalue weighted by molar-refractivity contribution is -0.307. The van der Waals surface area contributed by atoms with E-state index in [1.165, 1.54) is 6.92 Å². The number of nitrogens with one attached hydrogen (secondary N) is 4. The molecule has 19 nitrogen and oxygen atoms in total. The van der Waals surface area contributed by atoms with E-state index in [-0.39, 0.29) is 25.7 Å². The van der Waals surface area contributed by atoms with Crippen molar-refractivity contribution < 1.29 is 54.4 Å². The molecule has 0 bridgehead atoms. The molecule has 0 aromatic carbocycles. The Labute approximate surface area is 261 Å². The van der Waals surface area contributed by atoms with Gasteiger partial charge in [-0.05, 0) is 33.2 Å². The molecule has 1 aliphatic carbocycles. The lowest BCUT2D eigenvalue weighted by Gasteiger charge is -2.49. The number of nitrogens with two attached hydrogens (primary N) is 3. The molecule has 6 unspecified atom stereocenters. The molecule has 3 fully saturated rings. The summed E-state index contributed by atoms with van der Waals surface area (Å²) in [5.41, 5.74) is 24.3. The number of nitrogens with zero attached hydrogens (tertiary/aromatic N) is 1. The molecule has 2 aliphatic heterocycles. The molecular formula is C26H52N8O11. The Morgan fingerprint density at radius 2 is 1.82 bits per heavy atom. The second-order valence-electron chi connectivity index (χ2n) is 12.2. The molecule has 3 rings (SSSR count). The number of rotatable bonds is 15. The number of amides is 1. The molecule has 45 heavy (non-hydrogen) atoms. The molecule has 2 saturated heterocycles. The van der Waals surface area contributed by atoms with Gasteiger partial charge < -0.3 is 82.7 Å². The molecule has 1 saturated carbocycles. The predicted molar refractivity (Wildman–Crippen MR) is 155 cm³/mol. The van der Waals surface area contributed by atoms with Crippen molar-refractivity contribution in [3.05, 3.63) is 0 Å². The van der Waals surface area contributed by atoms with E-state index in [1.54, 1.807) is 7.05 Å². The lowest BCUT2D eigenvalue weighted by atomic mass is 9.83. The summed E-state index contributed by atoms with van der Waals surface area (Å²) < 4.78 is 23.9. The molecule has 15 atom stereocenters. The zero-order valence-electron chi connectivity index (χ0n) is 25.6. The average Bonchev–Trinajstić information content (AvgIpc) is 2.99. The Hall–Kier alpha value is -1.53. The van der Waals surface area contributed by atoms with Crippen molar-refractivity contribution in [2.24, 2.45) is 22.3 Å². The van der Waals surface area contributed by atoms with E-state index >= 15 is 0 Å². The fraction of sp³-hybridized carbons (Fsp3) is 0.962. The van der Waals surface area contributed by atoms with Crippen molar-refractivity contribution in [2.45, 2.75) is 117 Å². The minimum Gasteiger partial charge on any atom is -0.395 e. The summed E-state index contributed by atoms with van der Waals surface area (Å²) >= 11 is 0. The highest BCUT2D eigenvalue weighted by Gasteiger charge is 2.52. The average molecular weight is 653 g/mol. The number of aliphatic hydroxyl groups is 6. The lowest BCUT2D eigenvalue weighted by Crippen LogP contribution is -2.70. The van der Waals surface area contributed by atoms with Crippen LogP contribution in [0.25, 0.3) is 0 Å². The van der Waals surface area contributed by atoms with Gasteiger partial charge >= 0.3 is 0 Å². The number of ether oxygens (including phenoxy) is 4. The molecule has 0 spiro atoms. The smallest absolute Gasteiger partial charge is 0.251 e. The largest absolute Gasteiger partial charge is 0.395 e. The molecule has 0 aromatic rings. The van der Waals surface area contributed by atoms with Crippen molar-refractivity contribution in [1.29, 1.82) is 5.53 Å². The molecule has 2 heterocycles. The number of likely N-dealkylation sites (N-methyl/N-ethyl adjacent to an activating group) is 1. The third kappa shape index (κ3) is 9.30. The van der Waals surface area contributed by atoms with Crippen molar-refractivity contribution in [2.75, 3.05) is 40.0 Å². The van der Waals surface area contributed by atoms with Gasteiger partial charge in [0.2, 0.25) is 0 Å². The van der Waals surface area contributed by atoms with Gasteiger partial charge in [0.1, 0.15) is 36.1 Å². The number of carbonyl (C=O) groups excluding carboxylic acids is 1. The van der Waals surface area contributed by atoms with E-state index < -0.39 is 97.5 Å². The summed E-state index contributed by atoms with van der Waals surface area (Å²) in [5.74, 6) is -1.02. The van der Waals surface area contributed by atoms with Crippen LogP contribution >= 0.6 is 0 Å². The minimum absolute atomic E-state index is 0.0375. The van der Waals surface area contributed by atoms with Crippen LogP contribution in [-0.4, -0.2) is 168 Å². The van der Waals surface area contributed by atoms with Crippen LogP contribution in [0, 0.1) is 5.53 Å². The van der Waals surface area contributed by atoms with Crippen molar-refractivity contribution in [3.63, 3.8) is 0 Å². The zero-order chi connectivity index (χ0) is 33.5. The molecular weight excluding hydrogens is 600 g/mol. The van der Waals surface area contributed by atoms with Crippen LogP contribution in [-0.2, 0) is 23.7 Å². The summed E-state index contributed by atoms with van der Waals surface area (Å²) in [6.07, 6.45) is -8.86. The van der Waals surface area contributed by atoms with Crippen molar-refractivity contribution in [3.8, 4) is 0 Å². The fourth-order valence-electron chi connectivity index (χ4n) is 6.04. The Morgan fingerprint density at radius 1 is 1.13 bits per heavy atom. The molecule has 0 aromatic heterocycles. The number of carbonyl (C=O) groups is 1. The topological polar surface area (TPSA) is 326 Å². The summed E-state index contributed by atoms with van der Waals surface area (Å²) in [6.45, 7) is 1.37. The van der Waals surface area contributed by atoms with Gasteiger partial charge in [-0.15, -0.1) is 0 Å². The zero-order valence-corrected chi connectivity index (χ0v) is 25.6. The summed E-state index contributed by atoms with van der Waals surface area (Å²) in [6, 6.07) is -6.09. The normalized spacial score (nSPS) is 41.2. The first-order chi connectivity index (χ1) is 21.3. The van der Waals surface area contributed by atoms with Crippen LogP contribution in [0.3, 0.4) is 0 Å². The van der Waals surface area contributed by atoms with Crippen LogP contribution in [0.2, 0.25) is 0 Å². The maximum absolute atomic E-state index is 13.1. The van der Waals surface area contributed by atoms with Crippen molar-refractivity contribution >= 4 is 5.91 Å². The second kappa shape index (κ2) is 17.0. The van der Waals surface area contributed by atoms with Gasteiger partial charge in [0.15, 0.2) is 18.7 Å². The third-order valence-corrected chi connectivity index (χ3v) is 8.62. The van der Waals surface area contributed by atoms with Crippen LogP contribution < -0.4 is 33.2 Å². The van der Waals surface area contributed by atoms with Gasteiger partial charge in [-0.2, -0.15) is 5.11 Å². The molecule has 0 radical (unpaired) electrons. The van der Waals surface area contributed by atoms with E-state index in [1.807, 2.05) is 0 Å². The molecule has 1 amide bonds. The molecule has 19 heteroatoms. The Balaban J connectivity index is 1.83. The van der Waals surface area contributed by atoms with Crippen LogP contribution in [0.5, 0.6) is 0 Å². The van der Waals surface area contributed by atoms with E-state index in [0.29, 0.717) is 25.9 Å². The number of aliphatic hydroxyl groups excluding tert-OH is 5. The Bertz CT molecular complexity index is 941. The van der Waals surface area contributed by atoms with E-state index in [4.69, 9.17) is 46.8 Å². The van der Waals surface area contributed by atoms with Crippen LogP contribution in [0.4, 0.5) is 0 Å². The van der Waals surface area contributed by atoms with Gasteiger partial charge in [-0.3, -0.25) is 4.79 Å². The van der Waals surface area contributed by atoms with Gasteiger partial charge in [0.25, 0.3) is 5.91 Å². The molecule has 262 valence electrons. The summed E-state index contributed by atoms with van der Waals surface area (Å²) in [5, 5.41) is 73.9. The molecule has 3 aliphatic rings. The van der Waals surface area contributed by atoms with E-state index in [2.05, 4.69) is 21.1 Å². The van der Waals surface area contributed by atoms with Crippen LogP contribution in [0.1, 0.15) is 26.2 Å². The first-order valence-corrected chi connectivity index (χ1v) is 15.2. The Morgan fingerprint density at radius 3 is 2.44 bits per heavy atom. The first kappa shape index (κ1) is 37.9. The highest BCUT2D eigenvalue weighted by atomic mass is 16.7. The maximum Gasteiger partial charge on any atom is 0.251 e. The quantitative estimate of drug-likeness (QED) is 0.0578. The first-order valence-electron chi connectivity index (χ1n) is 15.2. The van der Waals surface area contributed by atoms with Gasteiger partial charge in [0, 0.05) is 19.1 Å².